The van der Waals surface area contributed by atoms with Crippen molar-refractivity contribution in [3.63, 3.8) is 0 Å². The molecule has 0 saturated heterocycles. The van der Waals surface area contributed by atoms with Crippen LogP contribution in [0.3, 0.4) is 0 Å². The van der Waals surface area contributed by atoms with Gasteiger partial charge in [0, 0.05) is 0 Å². The van der Waals surface area contributed by atoms with Gasteiger partial charge in [0.1, 0.15) is 12.7 Å². The van der Waals surface area contributed by atoms with Crippen LogP contribution in [0.2, 0.25) is 0 Å². The normalized spacial score (nSPS) is 16.5. The quantitative estimate of drug-likeness (QED) is 0.0780. The molecule has 18 heteroatoms. The Labute approximate surface area is 140 Å². The third kappa shape index (κ3) is 11.3. The zero-order chi connectivity index (χ0) is 20.2. The number of nitrogens with zero attached hydrogens (tertiary/aromatic N) is 2. The van der Waals surface area contributed by atoms with E-state index in [1.165, 1.54) is 0 Å². The van der Waals surface area contributed by atoms with Crippen molar-refractivity contribution in [3.8, 4) is 0 Å². The minimum atomic E-state index is -5.17. The Hall–Kier alpha value is -0.110. The molecule has 25 heavy (non-hydrogen) atoms. The van der Waals surface area contributed by atoms with Crippen LogP contribution in [0.15, 0.2) is 5.18 Å². The van der Waals surface area contributed by atoms with Gasteiger partial charge in [-0.1, -0.05) is 0 Å². The lowest BCUT2D eigenvalue weighted by atomic mass is 10.2. The van der Waals surface area contributed by atoms with Gasteiger partial charge in [-0.2, -0.15) is 0 Å². The standard InChI is InChI=1S/C7H19N2O13P3/c10-1-2-22-7(8-11,4-23(13,14)15)3-9(12,5-24(16,17)18)6-25(19,20)21/h10H,1-6H2,(H2,13,14,15)(H2,16,17,18)(H2,19,20,21). The number of nitroso groups, excluding NO2 is 1. The van der Waals surface area contributed by atoms with Crippen LogP contribution >= 0.6 is 22.8 Å². The molecule has 0 spiro atoms. The Morgan fingerprint density at radius 3 is 1.68 bits per heavy atom. The lowest BCUT2D eigenvalue weighted by Crippen LogP contribution is -2.55. The van der Waals surface area contributed by atoms with Gasteiger partial charge < -0.3 is 49.1 Å². The predicted molar refractivity (Wildman–Crippen MR) is 80.8 cm³/mol. The van der Waals surface area contributed by atoms with E-state index in [-0.39, 0.29) is 0 Å². The van der Waals surface area contributed by atoms with E-state index in [0.717, 1.165) is 0 Å². The van der Waals surface area contributed by atoms with E-state index >= 15 is 0 Å². The molecule has 0 aromatic carbocycles. The number of quaternary nitrogens is 1. The molecular weight excluding hydrogens is 413 g/mol. The lowest BCUT2D eigenvalue weighted by molar-refractivity contribution is -0.865. The van der Waals surface area contributed by atoms with Crippen LogP contribution in [-0.4, -0.2) is 83.3 Å². The molecule has 0 fully saturated rings. The fraction of sp³-hybridized carbons (Fsp3) is 1.00. The Kier molecular flexibility index (Phi) is 8.68. The average molecular weight is 432 g/mol. The van der Waals surface area contributed by atoms with Gasteiger partial charge in [-0.05, 0) is 5.18 Å². The van der Waals surface area contributed by atoms with Gasteiger partial charge >= 0.3 is 22.8 Å². The van der Waals surface area contributed by atoms with E-state index in [9.17, 15) is 23.8 Å². The Bertz CT molecular complexity index is 570. The van der Waals surface area contributed by atoms with Crippen LogP contribution in [0, 0.1) is 10.1 Å². The number of rotatable bonds is 12. The summed E-state index contributed by atoms with van der Waals surface area (Å²) in [5, 5.41) is 23.5. The Morgan fingerprint density at radius 1 is 0.960 bits per heavy atom. The smallest absolute Gasteiger partial charge is 0.379 e. The van der Waals surface area contributed by atoms with Gasteiger partial charge in [-0.15, -0.1) is 4.91 Å². The third-order valence-corrected chi connectivity index (χ3v) is 5.17. The largest absolute Gasteiger partial charge is 0.632 e. The lowest BCUT2D eigenvalue weighted by Gasteiger charge is -2.45. The molecule has 0 aliphatic rings. The summed E-state index contributed by atoms with van der Waals surface area (Å²) in [4.78, 5) is 64.8. The highest BCUT2D eigenvalue weighted by atomic mass is 31.2. The SMILES string of the molecule is O=NC(C[N+]([O-])(CP(=O)(O)O)CP(=O)(O)O)(CP(=O)(O)O)OCCO. The molecule has 0 heterocycles. The highest BCUT2D eigenvalue weighted by molar-refractivity contribution is 7.52. The fourth-order valence-electron chi connectivity index (χ4n) is 2.05. The monoisotopic (exact) mass is 432 g/mol. The van der Waals surface area contributed by atoms with Crippen molar-refractivity contribution in [2.24, 2.45) is 5.18 Å². The topological polar surface area (TPSA) is 255 Å². The zero-order valence-corrected chi connectivity index (χ0v) is 15.2. The molecule has 1 unspecified atom stereocenters. The van der Waals surface area contributed by atoms with Crippen molar-refractivity contribution in [1.82, 2.24) is 0 Å². The molecule has 7 N–H and O–H groups in total. The van der Waals surface area contributed by atoms with Crippen LogP contribution in [0.4, 0.5) is 0 Å². The van der Waals surface area contributed by atoms with Gasteiger partial charge in [0.2, 0.25) is 0 Å². The van der Waals surface area contributed by atoms with Crippen molar-refractivity contribution < 1.29 is 57.5 Å². The zero-order valence-electron chi connectivity index (χ0n) is 12.6. The van der Waals surface area contributed by atoms with Gasteiger partial charge in [0.25, 0.3) is 5.72 Å². The molecular formula is C7H19N2O13P3. The molecule has 0 aromatic heterocycles. The Balaban J connectivity index is 5.93. The molecule has 0 bridgehead atoms. The van der Waals surface area contributed by atoms with E-state index < -0.39 is 71.7 Å². The van der Waals surface area contributed by atoms with Crippen molar-refractivity contribution in [1.29, 1.82) is 0 Å². The average Bonchev–Trinajstić information content (AvgIpc) is 2.28. The molecule has 0 aromatic rings. The number of hydrogen-bond donors (Lipinski definition) is 7. The van der Waals surface area contributed by atoms with Crippen LogP contribution in [0.5, 0.6) is 0 Å². The summed E-state index contributed by atoms with van der Waals surface area (Å²) in [6.45, 7) is -3.02. The van der Waals surface area contributed by atoms with Crippen molar-refractivity contribution in [2.75, 3.05) is 38.5 Å². The second-order valence-corrected chi connectivity index (χ2v) is 10.1. The maximum atomic E-state index is 12.5. The van der Waals surface area contributed by atoms with Crippen LogP contribution in [0.1, 0.15) is 0 Å². The Morgan fingerprint density at radius 2 is 1.40 bits per heavy atom. The summed E-state index contributed by atoms with van der Waals surface area (Å²) >= 11 is 0. The highest BCUT2D eigenvalue weighted by Crippen LogP contribution is 2.47. The summed E-state index contributed by atoms with van der Waals surface area (Å²) in [6.07, 6.45) is -4.92. The van der Waals surface area contributed by atoms with Gasteiger partial charge in [-0.3, -0.25) is 13.7 Å². The molecule has 0 aliphatic carbocycles. The van der Waals surface area contributed by atoms with Crippen LogP contribution < -0.4 is 0 Å². The van der Waals surface area contributed by atoms with E-state index in [1.807, 2.05) is 0 Å². The summed E-state index contributed by atoms with van der Waals surface area (Å²) in [5.41, 5.74) is -2.88. The van der Waals surface area contributed by atoms with E-state index in [1.54, 1.807) is 0 Å². The molecule has 0 rings (SSSR count). The van der Waals surface area contributed by atoms with E-state index in [4.69, 9.17) is 34.5 Å². The van der Waals surface area contributed by atoms with E-state index in [2.05, 4.69) is 9.91 Å². The van der Waals surface area contributed by atoms with Crippen molar-refractivity contribution in [2.45, 2.75) is 5.72 Å². The second kappa shape index (κ2) is 8.72. The van der Waals surface area contributed by atoms with Crippen LogP contribution in [0.25, 0.3) is 0 Å². The first kappa shape index (κ1) is 24.9. The number of hydroxylamine groups is 3. The number of ether oxygens (including phenoxy) is 1. The molecule has 15 nitrogen and oxygen atoms in total. The third-order valence-electron chi connectivity index (χ3n) is 2.50. The fourth-order valence-corrected chi connectivity index (χ4v) is 4.84. The molecule has 150 valence electrons. The first-order valence-electron chi connectivity index (χ1n) is 6.25. The first-order valence-corrected chi connectivity index (χ1v) is 11.6. The summed E-state index contributed by atoms with van der Waals surface area (Å²) in [6, 6.07) is 0. The molecule has 1 atom stereocenters. The second-order valence-electron chi connectivity index (χ2n) is 5.26. The number of aliphatic hydroxyl groups excluding tert-OH is 1. The molecule has 0 radical (unpaired) electrons. The molecule has 0 aliphatic heterocycles. The summed E-state index contributed by atoms with van der Waals surface area (Å²) < 4.78 is 35.6. The van der Waals surface area contributed by atoms with Crippen LogP contribution in [-0.2, 0) is 18.4 Å². The van der Waals surface area contributed by atoms with Gasteiger partial charge in [-0.25, -0.2) is 0 Å². The number of aliphatic hydroxyl groups is 1. The maximum Gasteiger partial charge on any atom is 0.379 e. The minimum Gasteiger partial charge on any atom is -0.632 e. The summed E-state index contributed by atoms with van der Waals surface area (Å²) in [7, 11) is -15.4. The predicted octanol–water partition coefficient (Wildman–Crippen LogP) is -1.78. The van der Waals surface area contributed by atoms with Gasteiger partial charge in [0.15, 0.2) is 12.6 Å². The first-order chi connectivity index (χ1) is 10.9. The highest BCUT2D eigenvalue weighted by Gasteiger charge is 2.48. The van der Waals surface area contributed by atoms with Crippen molar-refractivity contribution in [3.05, 3.63) is 10.1 Å². The molecule has 0 saturated carbocycles. The van der Waals surface area contributed by atoms with Crippen molar-refractivity contribution >= 4 is 22.8 Å². The van der Waals surface area contributed by atoms with Gasteiger partial charge in [0.05, 0.1) is 13.2 Å². The maximum absolute atomic E-state index is 12.5. The van der Waals surface area contributed by atoms with E-state index in [0.29, 0.717) is 0 Å². The molecule has 0 amide bonds. The minimum absolute atomic E-state index is 0.739. The summed E-state index contributed by atoms with van der Waals surface area (Å²) in [5.74, 6) is 0. The number of hydrogen-bond acceptors (Lipinski definition) is 8.